The minimum absolute atomic E-state index is 0.0661. The topological polar surface area (TPSA) is 84.3 Å². The van der Waals surface area contributed by atoms with E-state index in [0.717, 1.165) is 30.5 Å². The third-order valence-corrected chi connectivity index (χ3v) is 6.00. The average molecular weight is 414 g/mol. The molecule has 0 saturated heterocycles. The van der Waals surface area contributed by atoms with Crippen LogP contribution in [0.4, 0.5) is 13.2 Å². The zero-order valence-corrected chi connectivity index (χ0v) is 16.5. The summed E-state index contributed by atoms with van der Waals surface area (Å²) < 4.78 is 48.6. The monoisotopic (exact) mass is 414 g/mol. The molecule has 0 fully saturated rings. The zero-order valence-electron chi connectivity index (χ0n) is 16.5. The summed E-state index contributed by atoms with van der Waals surface area (Å²) in [5, 5.41) is 9.09. The first kappa shape index (κ1) is 20.2. The fraction of sp³-hybridized carbons (Fsp3) is 0.409. The van der Waals surface area contributed by atoms with Gasteiger partial charge >= 0.3 is 5.92 Å². The van der Waals surface area contributed by atoms with E-state index in [9.17, 15) is 13.2 Å². The Morgan fingerprint density at radius 1 is 1.33 bits per heavy atom. The van der Waals surface area contributed by atoms with Gasteiger partial charge in [-0.25, -0.2) is 9.38 Å². The minimum Gasteiger partial charge on any atom is -0.459 e. The predicted octanol–water partition coefficient (Wildman–Crippen LogP) is 3.95. The van der Waals surface area contributed by atoms with Crippen molar-refractivity contribution in [2.24, 2.45) is 10.7 Å². The zero-order chi connectivity index (χ0) is 21.5. The second-order valence-electron chi connectivity index (χ2n) is 8.00. The van der Waals surface area contributed by atoms with Crippen LogP contribution in [0.25, 0.3) is 0 Å². The highest BCUT2D eigenvalue weighted by Crippen LogP contribution is 2.45. The SMILES string of the molecule is C[C@]1(c2cc(CC3CCCc4cc(C#N)cnc43)ccc2F)N=C(N)OCC1(F)F. The summed E-state index contributed by atoms with van der Waals surface area (Å²) in [6.07, 6.45) is 4.74. The number of aliphatic imine (C=N–C) groups is 1. The Labute approximate surface area is 172 Å². The van der Waals surface area contributed by atoms with Crippen LogP contribution in [0.2, 0.25) is 0 Å². The minimum atomic E-state index is -3.41. The Kier molecular flexibility index (Phi) is 4.92. The van der Waals surface area contributed by atoms with Crippen molar-refractivity contribution in [2.75, 3.05) is 6.61 Å². The van der Waals surface area contributed by atoms with Gasteiger partial charge in [0.1, 0.15) is 11.9 Å². The number of amidine groups is 1. The van der Waals surface area contributed by atoms with Crippen LogP contribution in [0, 0.1) is 17.1 Å². The quantitative estimate of drug-likeness (QED) is 0.824. The summed E-state index contributed by atoms with van der Waals surface area (Å²) in [6.45, 7) is 0.217. The lowest BCUT2D eigenvalue weighted by atomic mass is 9.80. The first-order valence-corrected chi connectivity index (χ1v) is 9.77. The van der Waals surface area contributed by atoms with Crippen molar-refractivity contribution in [3.05, 3.63) is 64.2 Å². The molecule has 0 radical (unpaired) electrons. The van der Waals surface area contributed by atoms with Crippen LogP contribution in [0.15, 0.2) is 35.5 Å². The lowest BCUT2D eigenvalue weighted by Gasteiger charge is -2.37. The number of nitriles is 1. The molecule has 1 unspecified atom stereocenters. The summed E-state index contributed by atoms with van der Waals surface area (Å²) in [4.78, 5) is 8.25. The Morgan fingerprint density at radius 3 is 2.90 bits per heavy atom. The fourth-order valence-electron chi connectivity index (χ4n) is 4.28. The number of halogens is 3. The first-order valence-electron chi connectivity index (χ1n) is 9.77. The molecule has 156 valence electrons. The number of alkyl halides is 2. The Balaban J connectivity index is 1.69. The van der Waals surface area contributed by atoms with E-state index in [1.54, 1.807) is 12.3 Å². The number of aromatic nitrogens is 1. The number of hydrogen-bond acceptors (Lipinski definition) is 5. The van der Waals surface area contributed by atoms with E-state index in [4.69, 9.17) is 11.0 Å². The highest BCUT2D eigenvalue weighted by Gasteiger charge is 2.56. The van der Waals surface area contributed by atoms with Crippen LogP contribution >= 0.6 is 0 Å². The van der Waals surface area contributed by atoms with Gasteiger partial charge in [-0.15, -0.1) is 0 Å². The maximum absolute atomic E-state index is 14.7. The van der Waals surface area contributed by atoms with Gasteiger partial charge in [0.05, 0.1) is 5.56 Å². The molecule has 2 aliphatic rings. The number of nitrogens with zero attached hydrogens (tertiary/aromatic N) is 3. The van der Waals surface area contributed by atoms with Gasteiger partial charge in [0.2, 0.25) is 0 Å². The Morgan fingerprint density at radius 2 is 2.13 bits per heavy atom. The third-order valence-electron chi connectivity index (χ3n) is 6.00. The van der Waals surface area contributed by atoms with Crippen LogP contribution in [-0.4, -0.2) is 23.5 Å². The molecule has 8 heteroatoms. The molecule has 0 amide bonds. The largest absolute Gasteiger partial charge is 0.459 e. The number of fused-ring (bicyclic) bond motifs is 1. The van der Waals surface area contributed by atoms with E-state index in [1.165, 1.54) is 19.1 Å². The van der Waals surface area contributed by atoms with Crippen LogP contribution in [0.3, 0.4) is 0 Å². The number of nitrogens with two attached hydrogens (primary N) is 1. The molecular formula is C22H21F3N4O. The smallest absolute Gasteiger partial charge is 0.310 e. The Hall–Kier alpha value is -3.08. The third kappa shape index (κ3) is 3.38. The van der Waals surface area contributed by atoms with Crippen molar-refractivity contribution in [1.82, 2.24) is 4.98 Å². The van der Waals surface area contributed by atoms with E-state index in [-0.39, 0.29) is 17.5 Å². The van der Waals surface area contributed by atoms with E-state index in [1.807, 2.05) is 6.07 Å². The van der Waals surface area contributed by atoms with Crippen molar-refractivity contribution in [2.45, 2.75) is 50.0 Å². The first-order chi connectivity index (χ1) is 14.2. The van der Waals surface area contributed by atoms with E-state index in [0.29, 0.717) is 17.5 Å². The molecule has 0 spiro atoms. The molecule has 2 aromatic rings. The number of pyridine rings is 1. The van der Waals surface area contributed by atoms with Gasteiger partial charge in [0.15, 0.2) is 12.1 Å². The molecule has 1 aromatic carbocycles. The van der Waals surface area contributed by atoms with Gasteiger partial charge in [-0.2, -0.15) is 14.0 Å². The van der Waals surface area contributed by atoms with E-state index >= 15 is 0 Å². The second-order valence-corrected chi connectivity index (χ2v) is 8.00. The van der Waals surface area contributed by atoms with Gasteiger partial charge < -0.3 is 10.5 Å². The molecule has 2 heterocycles. The molecule has 1 aromatic heterocycles. The molecule has 1 aliphatic carbocycles. The normalized spacial score (nSPS) is 24.9. The van der Waals surface area contributed by atoms with Gasteiger partial charge in [-0.05, 0) is 55.9 Å². The summed E-state index contributed by atoms with van der Waals surface area (Å²) in [5.74, 6) is -4.11. The lowest BCUT2D eigenvalue weighted by Crippen LogP contribution is -2.51. The maximum atomic E-state index is 14.7. The van der Waals surface area contributed by atoms with Crippen LogP contribution in [0.1, 0.15) is 53.6 Å². The molecule has 0 saturated carbocycles. The number of hydrogen-bond donors (Lipinski definition) is 1. The number of benzene rings is 1. The molecule has 1 aliphatic heterocycles. The van der Waals surface area contributed by atoms with Gasteiger partial charge in [-0.1, -0.05) is 12.1 Å². The van der Waals surface area contributed by atoms with Crippen LogP contribution in [0.5, 0.6) is 0 Å². The molecule has 0 bridgehead atoms. The van der Waals surface area contributed by atoms with Crippen molar-refractivity contribution in [1.29, 1.82) is 5.26 Å². The summed E-state index contributed by atoms with van der Waals surface area (Å²) in [5.41, 5.74) is 6.34. The molecule has 2 N–H and O–H groups in total. The van der Waals surface area contributed by atoms with Crippen LogP contribution in [-0.2, 0) is 23.1 Å². The molecule has 30 heavy (non-hydrogen) atoms. The van der Waals surface area contributed by atoms with Gasteiger partial charge in [0.25, 0.3) is 6.02 Å². The standard InChI is InChI=1S/C22H21F3N4O/c1-21(22(24,25)12-30-20(27)29-21)17-9-13(5-6-18(17)23)7-15-3-2-4-16-8-14(10-26)11-28-19(15)16/h5-6,8-9,11,15H,2-4,7,12H2,1H3,(H2,27,29)/t15?,21-/m1/s1. The number of aryl methyl sites for hydroxylation is 1. The average Bonchev–Trinajstić information content (AvgIpc) is 2.72. The molecule has 5 nitrogen and oxygen atoms in total. The molecule has 4 rings (SSSR count). The summed E-state index contributed by atoms with van der Waals surface area (Å²) >= 11 is 0. The number of ether oxygens (including phenoxy) is 1. The number of rotatable bonds is 3. The lowest BCUT2D eigenvalue weighted by molar-refractivity contribution is -0.117. The van der Waals surface area contributed by atoms with Gasteiger partial charge in [0, 0.05) is 23.4 Å². The fourth-order valence-corrected chi connectivity index (χ4v) is 4.28. The predicted molar refractivity (Wildman–Crippen MR) is 105 cm³/mol. The van der Waals surface area contributed by atoms with E-state index < -0.39 is 23.9 Å². The van der Waals surface area contributed by atoms with Crippen molar-refractivity contribution >= 4 is 6.02 Å². The Bertz CT molecular complexity index is 1060. The second kappa shape index (κ2) is 7.31. The van der Waals surface area contributed by atoms with Gasteiger partial charge in [-0.3, -0.25) is 4.98 Å². The highest BCUT2D eigenvalue weighted by atomic mass is 19.3. The van der Waals surface area contributed by atoms with Crippen molar-refractivity contribution in [3.63, 3.8) is 0 Å². The maximum Gasteiger partial charge on any atom is 0.310 e. The molecular weight excluding hydrogens is 393 g/mol. The van der Waals surface area contributed by atoms with Crippen molar-refractivity contribution < 1.29 is 17.9 Å². The van der Waals surface area contributed by atoms with E-state index in [2.05, 4.69) is 20.8 Å². The van der Waals surface area contributed by atoms with Crippen molar-refractivity contribution in [3.8, 4) is 6.07 Å². The van der Waals surface area contributed by atoms with Crippen LogP contribution < -0.4 is 5.73 Å². The summed E-state index contributed by atoms with van der Waals surface area (Å²) in [6, 6.07) is 7.82. The summed E-state index contributed by atoms with van der Waals surface area (Å²) in [7, 11) is 0. The molecule has 2 atom stereocenters. The highest BCUT2D eigenvalue weighted by molar-refractivity contribution is 5.73.